The van der Waals surface area contributed by atoms with E-state index in [1.165, 1.54) is 0 Å². The molecule has 4 saturated carbocycles. The lowest BCUT2D eigenvalue weighted by molar-refractivity contribution is -0.404. The molecule has 0 amide bonds. The highest BCUT2D eigenvalue weighted by Crippen LogP contribution is 2.71. The van der Waals surface area contributed by atoms with E-state index in [0.717, 1.165) is 19.3 Å². The average Bonchev–Trinajstić information content (AvgIpc) is 1.71. The van der Waals surface area contributed by atoms with Crippen molar-refractivity contribution in [2.75, 3.05) is 46.8 Å². The molecule has 504 valence electrons. The molecule has 87 heavy (non-hydrogen) atoms. The number of hydrogen-bond donors (Lipinski definition) is 18. The first kappa shape index (κ1) is 68.7. The Morgan fingerprint density at radius 1 is 0.506 bits per heavy atom. The zero-order valence-corrected chi connectivity index (χ0v) is 49.6. The van der Waals surface area contributed by atoms with Gasteiger partial charge in [0.05, 0.1) is 64.1 Å². The Bertz CT molecular complexity index is 2230. The second-order valence-electron chi connectivity index (χ2n) is 27.1. The first-order valence-corrected chi connectivity index (χ1v) is 30.9. The molecule has 0 spiro atoms. The molecule has 0 aromatic carbocycles. The van der Waals surface area contributed by atoms with Crippen molar-refractivity contribution < 1.29 is 149 Å². The van der Waals surface area contributed by atoms with E-state index in [4.69, 9.17) is 56.8 Å². The predicted octanol–water partition coefficient (Wildman–Crippen LogP) is -6.90. The Balaban J connectivity index is 0.787. The number of hydrogen-bond acceptors (Lipinski definition) is 30. The largest absolute Gasteiger partial charge is 0.394 e. The van der Waals surface area contributed by atoms with Gasteiger partial charge >= 0.3 is 0 Å². The summed E-state index contributed by atoms with van der Waals surface area (Å²) in [6.45, 7) is 4.90. The third-order valence-corrected chi connectivity index (χ3v) is 22.2. The summed E-state index contributed by atoms with van der Waals surface area (Å²) in [6.07, 6.45) is -40.5. The van der Waals surface area contributed by atoms with Crippen LogP contribution in [0.2, 0.25) is 0 Å². The van der Waals surface area contributed by atoms with Gasteiger partial charge in [0.2, 0.25) is 0 Å². The summed E-state index contributed by atoms with van der Waals surface area (Å²) < 4.78 is 72.2. The van der Waals surface area contributed by atoms with E-state index in [2.05, 4.69) is 20.8 Å². The van der Waals surface area contributed by atoms with Crippen LogP contribution in [-0.4, -0.2) is 316 Å². The predicted molar refractivity (Wildman–Crippen MR) is 286 cm³/mol. The van der Waals surface area contributed by atoms with Crippen LogP contribution >= 0.6 is 0 Å². The maximum atomic E-state index is 12.3. The highest BCUT2D eigenvalue weighted by molar-refractivity contribution is 5.17. The van der Waals surface area contributed by atoms with Gasteiger partial charge in [-0.2, -0.15) is 0 Å². The number of rotatable bonds is 19. The standard InChI is InChI=1S/C57H96O30/c1-20(18-77-50-44(73)40(69)37(66)31(14-58)80-50)6-9-57(76-5)21(2)35-30(87-57)11-24-22-10-26(62)25-12-29(27(63)13-56(25,4)23(22)7-8-55(24,35)3)79-52-46(75)42(71)47(34(17-61)83-52)84-54-49(86-53-45(74)41(70)38(67)32(15-59)81-53)48(39(68)33(16-60)82-54)85-51-43(72)36(65)28(64)19-78-51/h20-54,58-75H,6-19H2,1-5H3. The molecule has 38 atom stereocenters. The first-order valence-electron chi connectivity index (χ1n) is 30.9. The van der Waals surface area contributed by atoms with Crippen LogP contribution in [0.4, 0.5) is 0 Å². The molecule has 18 N–H and O–H groups in total. The molecule has 10 fully saturated rings. The lowest BCUT2D eigenvalue weighted by Crippen LogP contribution is -2.68. The minimum atomic E-state index is -2.06. The zero-order chi connectivity index (χ0) is 63.1. The number of aliphatic hydroxyl groups is 18. The summed E-state index contributed by atoms with van der Waals surface area (Å²) in [5.74, 6) is -0.850. The normalized spacial score (nSPS) is 55.6. The van der Waals surface area contributed by atoms with Crippen LogP contribution in [0, 0.1) is 52.3 Å². The van der Waals surface area contributed by atoms with Crippen LogP contribution in [0.15, 0.2) is 0 Å². The molecular weight excluding hydrogens is 1160 g/mol. The van der Waals surface area contributed by atoms with Gasteiger partial charge in [-0.3, -0.25) is 0 Å². The van der Waals surface area contributed by atoms with Crippen LogP contribution in [0.25, 0.3) is 0 Å². The number of fused-ring (bicyclic) bond motifs is 7. The number of aliphatic hydroxyl groups excluding tert-OH is 18. The van der Waals surface area contributed by atoms with E-state index in [9.17, 15) is 91.9 Å². The fourth-order valence-corrected chi connectivity index (χ4v) is 17.3. The van der Waals surface area contributed by atoms with Crippen LogP contribution < -0.4 is 0 Å². The third kappa shape index (κ3) is 12.5. The highest BCUT2D eigenvalue weighted by atomic mass is 16.8. The molecule has 6 heterocycles. The van der Waals surface area contributed by atoms with Gasteiger partial charge in [0, 0.05) is 19.4 Å². The molecule has 30 nitrogen and oxygen atoms in total. The van der Waals surface area contributed by atoms with Gasteiger partial charge in [-0.05, 0) is 91.3 Å². The van der Waals surface area contributed by atoms with Crippen molar-refractivity contribution in [2.24, 2.45) is 52.3 Å². The summed E-state index contributed by atoms with van der Waals surface area (Å²) in [4.78, 5) is 0. The fourth-order valence-electron chi connectivity index (χ4n) is 17.3. The quantitative estimate of drug-likeness (QED) is 0.0535. The zero-order valence-electron chi connectivity index (χ0n) is 49.6. The Labute approximate surface area is 503 Å². The van der Waals surface area contributed by atoms with Gasteiger partial charge in [-0.15, -0.1) is 0 Å². The van der Waals surface area contributed by atoms with Crippen molar-refractivity contribution in [1.82, 2.24) is 0 Å². The summed E-state index contributed by atoms with van der Waals surface area (Å²) in [5.41, 5.74) is -0.736. The SMILES string of the molecule is COC1(CCC(C)COC2OC(CO)C(O)C(O)C2O)OC2CC3C4CC(O)C5CC(OC6OC(CO)C(OC7OC(CO)C(O)C(OC8OCC(O)C(O)C8O)C7OC7OC(CO)C(O)C(O)C7O)C(O)C6O)C(O)CC5(C)C4CCC3(C)C2C1C. The summed E-state index contributed by atoms with van der Waals surface area (Å²) in [5, 5.41) is 195. The molecule has 0 aromatic rings. The molecule has 38 unspecified atom stereocenters. The monoisotopic (exact) mass is 1260 g/mol. The third-order valence-electron chi connectivity index (χ3n) is 22.2. The fraction of sp³-hybridized carbons (Fsp3) is 1.00. The second-order valence-corrected chi connectivity index (χ2v) is 27.1. The van der Waals surface area contributed by atoms with Crippen LogP contribution in [0.5, 0.6) is 0 Å². The van der Waals surface area contributed by atoms with Gasteiger partial charge in [0.15, 0.2) is 37.2 Å². The maximum absolute atomic E-state index is 12.3. The molecule has 0 radical (unpaired) electrons. The van der Waals surface area contributed by atoms with E-state index < -0.39 is 210 Å². The van der Waals surface area contributed by atoms with E-state index in [-0.39, 0.29) is 72.4 Å². The van der Waals surface area contributed by atoms with Crippen LogP contribution in [0.3, 0.4) is 0 Å². The molecule has 10 rings (SSSR count). The van der Waals surface area contributed by atoms with E-state index in [1.54, 1.807) is 7.11 Å². The average molecular weight is 1260 g/mol. The highest BCUT2D eigenvalue weighted by Gasteiger charge is 2.70. The van der Waals surface area contributed by atoms with Crippen LogP contribution in [-0.2, 0) is 56.8 Å². The summed E-state index contributed by atoms with van der Waals surface area (Å²) in [7, 11) is 1.66. The van der Waals surface area contributed by atoms with Crippen molar-refractivity contribution in [3.63, 3.8) is 0 Å². The van der Waals surface area contributed by atoms with Gasteiger partial charge in [-0.1, -0.05) is 27.7 Å². The van der Waals surface area contributed by atoms with Gasteiger partial charge in [0.1, 0.15) is 116 Å². The molecule has 0 bridgehead atoms. The van der Waals surface area contributed by atoms with E-state index in [1.807, 2.05) is 6.92 Å². The Morgan fingerprint density at radius 3 is 1.70 bits per heavy atom. The Morgan fingerprint density at radius 2 is 1.06 bits per heavy atom. The van der Waals surface area contributed by atoms with Gasteiger partial charge in [-0.25, -0.2) is 0 Å². The summed E-state index contributed by atoms with van der Waals surface area (Å²) >= 11 is 0. The second kappa shape index (κ2) is 27.3. The van der Waals surface area contributed by atoms with Crippen molar-refractivity contribution in [3.8, 4) is 0 Å². The Hall–Kier alpha value is -1.20. The minimum Gasteiger partial charge on any atom is -0.394 e. The van der Waals surface area contributed by atoms with E-state index in [0.29, 0.717) is 19.3 Å². The number of methoxy groups -OCH3 is 1. The maximum Gasteiger partial charge on any atom is 0.187 e. The lowest BCUT2D eigenvalue weighted by Gasteiger charge is -2.63. The summed E-state index contributed by atoms with van der Waals surface area (Å²) in [6, 6.07) is 0. The minimum absolute atomic E-state index is 0.0191. The van der Waals surface area contributed by atoms with Gasteiger partial charge in [0.25, 0.3) is 0 Å². The topological polar surface area (TPSA) is 475 Å². The molecular formula is C57H96O30. The van der Waals surface area contributed by atoms with Crippen molar-refractivity contribution >= 4 is 0 Å². The molecule has 10 aliphatic rings. The molecule has 4 aliphatic carbocycles. The lowest BCUT2D eigenvalue weighted by atomic mass is 9.43. The van der Waals surface area contributed by atoms with Crippen LogP contribution in [0.1, 0.15) is 79.1 Å². The molecule has 30 heteroatoms. The van der Waals surface area contributed by atoms with Gasteiger partial charge < -0.3 is 149 Å². The molecule has 6 aliphatic heterocycles. The first-order chi connectivity index (χ1) is 41.2. The smallest absolute Gasteiger partial charge is 0.187 e. The Kier molecular flexibility index (Phi) is 21.5. The van der Waals surface area contributed by atoms with Crippen molar-refractivity contribution in [3.05, 3.63) is 0 Å². The van der Waals surface area contributed by atoms with Crippen molar-refractivity contribution in [1.29, 1.82) is 0 Å². The molecule has 6 saturated heterocycles. The van der Waals surface area contributed by atoms with E-state index >= 15 is 0 Å². The molecule has 0 aromatic heterocycles. The number of ether oxygens (including phenoxy) is 12. The van der Waals surface area contributed by atoms with Crippen molar-refractivity contribution in [2.45, 2.75) is 257 Å².